The molecule has 1 amide bonds. The van der Waals surface area contributed by atoms with Gasteiger partial charge in [-0.3, -0.25) is 4.79 Å². The van der Waals surface area contributed by atoms with Gasteiger partial charge in [-0.25, -0.2) is 0 Å². The minimum absolute atomic E-state index is 0.189. The maximum Gasteiger partial charge on any atom is 0.222 e. The summed E-state index contributed by atoms with van der Waals surface area (Å²) in [6.07, 6.45) is 1.17. The van der Waals surface area contributed by atoms with Crippen molar-refractivity contribution in [3.63, 3.8) is 0 Å². The van der Waals surface area contributed by atoms with Crippen LogP contribution >= 0.6 is 0 Å². The predicted molar refractivity (Wildman–Crippen MR) is 63.4 cm³/mol. The van der Waals surface area contributed by atoms with Gasteiger partial charge in [-0.1, -0.05) is 0 Å². The summed E-state index contributed by atoms with van der Waals surface area (Å²) in [6, 6.07) is 0. The lowest BCUT2D eigenvalue weighted by molar-refractivity contribution is -0.919. The largest absolute Gasteiger partial charge is 0.385 e. The van der Waals surface area contributed by atoms with Gasteiger partial charge in [0.1, 0.15) is 25.7 Å². The third-order valence-corrected chi connectivity index (χ3v) is 3.80. The Labute approximate surface area is 103 Å². The van der Waals surface area contributed by atoms with Gasteiger partial charge in [-0.2, -0.15) is 0 Å². The van der Waals surface area contributed by atoms with Gasteiger partial charge in [-0.15, -0.1) is 0 Å². The summed E-state index contributed by atoms with van der Waals surface area (Å²) in [5.41, 5.74) is 0. The maximum absolute atomic E-state index is 11.5. The molecule has 2 saturated heterocycles. The smallest absolute Gasteiger partial charge is 0.222 e. The number of likely N-dealkylation sites (N-methyl/N-ethyl adjacent to an activating group) is 1. The van der Waals surface area contributed by atoms with Gasteiger partial charge in [0.2, 0.25) is 5.91 Å². The second-order valence-electron chi connectivity index (χ2n) is 5.46. The van der Waals surface area contributed by atoms with E-state index < -0.39 is 6.10 Å². The van der Waals surface area contributed by atoms with E-state index in [2.05, 4.69) is 7.05 Å². The number of aliphatic hydroxyl groups is 1. The number of ether oxygens (including phenoxy) is 1. The Hall–Kier alpha value is -0.650. The summed E-state index contributed by atoms with van der Waals surface area (Å²) < 4.78 is 6.19. The lowest BCUT2D eigenvalue weighted by Crippen LogP contribution is -2.56. The fourth-order valence-corrected chi connectivity index (χ4v) is 2.68. The van der Waals surface area contributed by atoms with Gasteiger partial charge in [0.25, 0.3) is 0 Å². The Morgan fingerprint density at radius 1 is 1.47 bits per heavy atom. The summed E-state index contributed by atoms with van der Waals surface area (Å²) in [5, 5.41) is 10.1. The van der Waals surface area contributed by atoms with Crippen LogP contribution in [-0.2, 0) is 9.53 Å². The van der Waals surface area contributed by atoms with E-state index >= 15 is 0 Å². The highest BCUT2D eigenvalue weighted by molar-refractivity contribution is 5.78. The molecular weight excluding hydrogens is 220 g/mol. The minimum atomic E-state index is -0.417. The zero-order valence-electron chi connectivity index (χ0n) is 10.6. The first kappa shape index (κ1) is 12.8. The van der Waals surface area contributed by atoms with Crippen molar-refractivity contribution < 1.29 is 19.1 Å². The van der Waals surface area contributed by atoms with E-state index in [1.807, 2.05) is 0 Å². The summed E-state index contributed by atoms with van der Waals surface area (Å²) in [6.45, 7) is 5.46. The molecule has 0 aromatic heterocycles. The van der Waals surface area contributed by atoms with Crippen LogP contribution in [0.4, 0.5) is 0 Å². The SMILES string of the molecule is C[N+]1(C[C@@H](O)CN2CCCC2=O)CCOCC1. The van der Waals surface area contributed by atoms with Crippen molar-refractivity contribution in [1.29, 1.82) is 0 Å². The molecule has 2 heterocycles. The molecular formula is C12H23N2O3+. The zero-order chi connectivity index (χ0) is 12.3. The van der Waals surface area contributed by atoms with Crippen LogP contribution in [-0.4, -0.2) is 79.5 Å². The van der Waals surface area contributed by atoms with Crippen molar-refractivity contribution in [2.75, 3.05) is 53.0 Å². The van der Waals surface area contributed by atoms with E-state index in [0.717, 1.165) is 43.8 Å². The van der Waals surface area contributed by atoms with Crippen LogP contribution in [0, 0.1) is 0 Å². The van der Waals surface area contributed by atoms with Crippen LogP contribution in [0.1, 0.15) is 12.8 Å². The van der Waals surface area contributed by atoms with Crippen molar-refractivity contribution in [3.05, 3.63) is 0 Å². The number of carbonyl (C=O) groups is 1. The van der Waals surface area contributed by atoms with Gasteiger partial charge in [-0.05, 0) is 6.42 Å². The number of β-amino-alcohol motifs (C(OH)–C–C–N with tert-alkyl or cyclic N) is 1. The number of morpholine rings is 1. The number of hydrogen-bond donors (Lipinski definition) is 1. The fourth-order valence-electron chi connectivity index (χ4n) is 2.68. The van der Waals surface area contributed by atoms with Crippen LogP contribution in [0.2, 0.25) is 0 Å². The summed E-state index contributed by atoms with van der Waals surface area (Å²) in [7, 11) is 2.15. The van der Waals surface area contributed by atoms with Gasteiger partial charge >= 0.3 is 0 Å². The van der Waals surface area contributed by atoms with E-state index in [1.165, 1.54) is 0 Å². The van der Waals surface area contributed by atoms with Crippen LogP contribution in [0.5, 0.6) is 0 Å². The standard InChI is InChI=1S/C12H23N2O3/c1-14(5-7-17-8-6-14)10-11(15)9-13-4-2-3-12(13)16/h11,15H,2-10H2,1H3/q+1/t11-/m0/s1. The molecule has 2 rings (SSSR count). The van der Waals surface area contributed by atoms with Crippen LogP contribution < -0.4 is 0 Å². The first-order chi connectivity index (χ1) is 8.09. The Bertz CT molecular complexity index is 277. The number of nitrogens with zero attached hydrogens (tertiary/aromatic N) is 2. The molecule has 0 saturated carbocycles. The molecule has 17 heavy (non-hydrogen) atoms. The first-order valence-corrected chi connectivity index (χ1v) is 6.46. The summed E-state index contributed by atoms with van der Waals surface area (Å²) in [4.78, 5) is 13.3. The van der Waals surface area contributed by atoms with Crippen molar-refractivity contribution in [2.45, 2.75) is 18.9 Å². The van der Waals surface area contributed by atoms with E-state index in [4.69, 9.17) is 4.74 Å². The first-order valence-electron chi connectivity index (χ1n) is 6.46. The van der Waals surface area contributed by atoms with Crippen LogP contribution in [0.25, 0.3) is 0 Å². The topological polar surface area (TPSA) is 49.8 Å². The molecule has 5 heteroatoms. The Morgan fingerprint density at radius 2 is 2.18 bits per heavy atom. The van der Waals surface area contributed by atoms with E-state index in [-0.39, 0.29) is 5.91 Å². The third kappa shape index (κ3) is 3.40. The Kier molecular flexibility index (Phi) is 4.01. The number of rotatable bonds is 4. The number of quaternary nitrogens is 1. The molecule has 0 unspecified atom stereocenters. The normalized spacial score (nSPS) is 26.2. The van der Waals surface area contributed by atoms with Gasteiger partial charge in [0.15, 0.2) is 0 Å². The molecule has 2 fully saturated rings. The van der Waals surface area contributed by atoms with E-state index in [1.54, 1.807) is 4.90 Å². The highest BCUT2D eigenvalue weighted by Crippen LogP contribution is 2.13. The van der Waals surface area contributed by atoms with Crippen molar-refractivity contribution in [3.8, 4) is 0 Å². The quantitative estimate of drug-likeness (QED) is 0.674. The second-order valence-corrected chi connectivity index (χ2v) is 5.46. The lowest BCUT2D eigenvalue weighted by atomic mass is 10.2. The Balaban J connectivity index is 1.79. The van der Waals surface area contributed by atoms with Crippen molar-refractivity contribution in [1.82, 2.24) is 4.90 Å². The minimum Gasteiger partial charge on any atom is -0.385 e. The van der Waals surface area contributed by atoms with E-state index in [9.17, 15) is 9.90 Å². The van der Waals surface area contributed by atoms with Crippen LogP contribution in [0.15, 0.2) is 0 Å². The second kappa shape index (κ2) is 5.33. The summed E-state index contributed by atoms with van der Waals surface area (Å²) in [5.74, 6) is 0.189. The molecule has 2 aliphatic rings. The molecule has 0 aromatic rings. The molecule has 0 spiro atoms. The molecule has 2 aliphatic heterocycles. The molecule has 5 nitrogen and oxygen atoms in total. The van der Waals surface area contributed by atoms with Gasteiger partial charge in [0, 0.05) is 13.0 Å². The molecule has 0 radical (unpaired) electrons. The maximum atomic E-state index is 11.5. The molecule has 0 aliphatic carbocycles. The highest BCUT2D eigenvalue weighted by atomic mass is 16.5. The fraction of sp³-hybridized carbons (Fsp3) is 0.917. The summed E-state index contributed by atoms with van der Waals surface area (Å²) >= 11 is 0. The molecule has 1 atom stereocenters. The monoisotopic (exact) mass is 243 g/mol. The number of hydrogen-bond acceptors (Lipinski definition) is 3. The molecule has 98 valence electrons. The average molecular weight is 243 g/mol. The van der Waals surface area contributed by atoms with Crippen molar-refractivity contribution >= 4 is 5.91 Å². The number of carbonyl (C=O) groups excluding carboxylic acids is 1. The predicted octanol–water partition coefficient (Wildman–Crippen LogP) is -0.553. The van der Waals surface area contributed by atoms with Gasteiger partial charge < -0.3 is 19.2 Å². The number of amides is 1. The molecule has 1 N–H and O–H groups in total. The average Bonchev–Trinajstić information content (AvgIpc) is 2.64. The van der Waals surface area contributed by atoms with Crippen LogP contribution in [0.3, 0.4) is 0 Å². The van der Waals surface area contributed by atoms with Gasteiger partial charge in [0.05, 0.1) is 26.8 Å². The van der Waals surface area contributed by atoms with Crippen molar-refractivity contribution in [2.24, 2.45) is 0 Å². The van der Waals surface area contributed by atoms with E-state index in [0.29, 0.717) is 19.5 Å². The Morgan fingerprint density at radius 3 is 2.76 bits per heavy atom. The zero-order valence-corrected chi connectivity index (χ0v) is 10.6. The number of likely N-dealkylation sites (tertiary alicyclic amines) is 1. The highest BCUT2D eigenvalue weighted by Gasteiger charge is 2.30. The molecule has 0 aromatic carbocycles. The third-order valence-electron chi connectivity index (χ3n) is 3.80. The molecule has 0 bridgehead atoms. The number of aliphatic hydroxyl groups excluding tert-OH is 1. The lowest BCUT2D eigenvalue weighted by Gasteiger charge is -2.39.